The molecule has 0 spiro atoms. The van der Waals surface area contributed by atoms with Crippen LogP contribution in [-0.4, -0.2) is 11.5 Å². The van der Waals surface area contributed by atoms with Crippen molar-refractivity contribution in [2.45, 2.75) is 31.6 Å². The van der Waals surface area contributed by atoms with E-state index in [1.165, 1.54) is 23.8 Å². The topological polar surface area (TPSA) is 38.9 Å². The van der Waals surface area contributed by atoms with Crippen LogP contribution in [0.2, 0.25) is 0 Å². The molecule has 2 nitrogen and oxygen atoms in total. The van der Waals surface area contributed by atoms with Crippen molar-refractivity contribution in [2.75, 3.05) is 6.54 Å². The van der Waals surface area contributed by atoms with Crippen LogP contribution < -0.4 is 5.73 Å². The zero-order chi connectivity index (χ0) is 11.9. The molecule has 1 aromatic heterocycles. The number of hydrogen-bond donors (Lipinski definition) is 1. The third-order valence-electron chi connectivity index (χ3n) is 3.89. The van der Waals surface area contributed by atoms with Gasteiger partial charge in [-0.3, -0.25) is 4.98 Å². The van der Waals surface area contributed by atoms with E-state index in [1.807, 2.05) is 0 Å². The molecular weight excluding hydrogens is 208 g/mol. The quantitative estimate of drug-likeness (QED) is 0.874. The number of pyridine rings is 1. The lowest BCUT2D eigenvalue weighted by Gasteiger charge is -2.17. The monoisotopic (exact) mass is 226 g/mol. The normalized spacial score (nSPS) is 17.3. The molecule has 88 valence electrons. The highest BCUT2D eigenvalue weighted by molar-refractivity contribution is 5.84. The van der Waals surface area contributed by atoms with Gasteiger partial charge in [-0.1, -0.05) is 18.2 Å². The molecule has 0 amide bonds. The first kappa shape index (κ1) is 10.7. The lowest BCUT2D eigenvalue weighted by Crippen LogP contribution is -2.14. The maximum Gasteiger partial charge on any atom is 0.0708 e. The van der Waals surface area contributed by atoms with Gasteiger partial charge in [-0.25, -0.2) is 0 Å². The number of fused-ring (bicyclic) bond motifs is 1. The Balaban J connectivity index is 2.21. The van der Waals surface area contributed by atoms with Crippen LogP contribution in [0, 0.1) is 6.92 Å². The Bertz CT molecular complexity index is 556. The predicted molar refractivity (Wildman–Crippen MR) is 71.1 cm³/mol. The lowest BCUT2D eigenvalue weighted by molar-refractivity contribution is 0.633. The number of aromatic nitrogens is 1. The van der Waals surface area contributed by atoms with Gasteiger partial charge in [0.15, 0.2) is 0 Å². The SMILES string of the molecule is Cc1cc(C2(CCN)CC2)c2ccccc2n1. The molecule has 1 fully saturated rings. The molecule has 0 atom stereocenters. The van der Waals surface area contributed by atoms with Gasteiger partial charge in [-0.05, 0) is 55.8 Å². The van der Waals surface area contributed by atoms with E-state index in [0.29, 0.717) is 5.41 Å². The number of benzene rings is 1. The number of nitrogens with zero attached hydrogens (tertiary/aromatic N) is 1. The van der Waals surface area contributed by atoms with E-state index in [2.05, 4.69) is 42.2 Å². The molecular formula is C15H18N2. The molecule has 1 aromatic carbocycles. The maximum absolute atomic E-state index is 5.76. The number of nitrogens with two attached hydrogens (primary N) is 1. The first-order valence-corrected chi connectivity index (χ1v) is 6.32. The van der Waals surface area contributed by atoms with Gasteiger partial charge in [-0.2, -0.15) is 0 Å². The Labute approximate surface area is 102 Å². The van der Waals surface area contributed by atoms with Crippen molar-refractivity contribution in [3.63, 3.8) is 0 Å². The van der Waals surface area contributed by atoms with Crippen LogP contribution in [0.4, 0.5) is 0 Å². The van der Waals surface area contributed by atoms with E-state index in [9.17, 15) is 0 Å². The third-order valence-corrected chi connectivity index (χ3v) is 3.89. The van der Waals surface area contributed by atoms with Gasteiger partial charge >= 0.3 is 0 Å². The van der Waals surface area contributed by atoms with E-state index in [4.69, 9.17) is 5.73 Å². The average molecular weight is 226 g/mol. The second-order valence-electron chi connectivity index (χ2n) is 5.15. The van der Waals surface area contributed by atoms with Crippen LogP contribution in [0.5, 0.6) is 0 Å². The summed E-state index contributed by atoms with van der Waals surface area (Å²) in [5.74, 6) is 0. The fraction of sp³-hybridized carbons (Fsp3) is 0.400. The Morgan fingerprint density at radius 2 is 2.06 bits per heavy atom. The van der Waals surface area contributed by atoms with E-state index >= 15 is 0 Å². The minimum absolute atomic E-state index is 0.349. The molecule has 0 aliphatic heterocycles. The maximum atomic E-state index is 5.76. The zero-order valence-corrected chi connectivity index (χ0v) is 10.2. The summed E-state index contributed by atoms with van der Waals surface area (Å²) in [5.41, 5.74) is 9.80. The zero-order valence-electron chi connectivity index (χ0n) is 10.2. The van der Waals surface area contributed by atoms with E-state index in [-0.39, 0.29) is 0 Å². The van der Waals surface area contributed by atoms with Crippen molar-refractivity contribution in [1.82, 2.24) is 4.98 Å². The summed E-state index contributed by atoms with van der Waals surface area (Å²) >= 11 is 0. The molecule has 17 heavy (non-hydrogen) atoms. The van der Waals surface area contributed by atoms with Crippen LogP contribution in [0.15, 0.2) is 30.3 Å². The average Bonchev–Trinajstić information content (AvgIpc) is 3.09. The summed E-state index contributed by atoms with van der Waals surface area (Å²) in [6, 6.07) is 10.7. The number of rotatable bonds is 3. The van der Waals surface area contributed by atoms with Crippen molar-refractivity contribution in [3.05, 3.63) is 41.6 Å². The van der Waals surface area contributed by atoms with Gasteiger partial charge in [0.25, 0.3) is 0 Å². The summed E-state index contributed by atoms with van der Waals surface area (Å²) in [6.45, 7) is 2.85. The molecule has 2 aromatic rings. The molecule has 1 aliphatic rings. The second kappa shape index (κ2) is 3.81. The van der Waals surface area contributed by atoms with Gasteiger partial charge in [0.2, 0.25) is 0 Å². The van der Waals surface area contributed by atoms with Gasteiger partial charge < -0.3 is 5.73 Å². The molecule has 3 rings (SSSR count). The summed E-state index contributed by atoms with van der Waals surface area (Å²) in [6.07, 6.45) is 3.65. The summed E-state index contributed by atoms with van der Waals surface area (Å²) < 4.78 is 0. The molecule has 1 saturated carbocycles. The van der Waals surface area contributed by atoms with Gasteiger partial charge in [-0.15, -0.1) is 0 Å². The summed E-state index contributed by atoms with van der Waals surface area (Å²) in [4.78, 5) is 4.61. The summed E-state index contributed by atoms with van der Waals surface area (Å²) in [7, 11) is 0. The molecule has 2 N–H and O–H groups in total. The van der Waals surface area contributed by atoms with Crippen LogP contribution in [0.25, 0.3) is 10.9 Å². The summed E-state index contributed by atoms with van der Waals surface area (Å²) in [5, 5.41) is 1.31. The van der Waals surface area contributed by atoms with E-state index in [1.54, 1.807) is 0 Å². The van der Waals surface area contributed by atoms with Crippen molar-refractivity contribution in [3.8, 4) is 0 Å². The fourth-order valence-corrected chi connectivity index (χ4v) is 2.83. The highest BCUT2D eigenvalue weighted by atomic mass is 14.7. The highest BCUT2D eigenvalue weighted by Gasteiger charge is 2.44. The van der Waals surface area contributed by atoms with Crippen LogP contribution in [0.1, 0.15) is 30.5 Å². The highest BCUT2D eigenvalue weighted by Crippen LogP contribution is 2.52. The number of aryl methyl sites for hydroxylation is 1. The minimum Gasteiger partial charge on any atom is -0.330 e. The standard InChI is InChI=1S/C15H18N2/c1-11-10-13(15(6-7-15)8-9-16)12-4-2-3-5-14(12)17-11/h2-5,10H,6-9,16H2,1H3. The van der Waals surface area contributed by atoms with Crippen molar-refractivity contribution < 1.29 is 0 Å². The number of hydrogen-bond acceptors (Lipinski definition) is 2. The lowest BCUT2D eigenvalue weighted by atomic mass is 9.89. The first-order valence-electron chi connectivity index (χ1n) is 6.32. The van der Waals surface area contributed by atoms with Gasteiger partial charge in [0.05, 0.1) is 5.52 Å². The molecule has 1 heterocycles. The van der Waals surface area contributed by atoms with Crippen molar-refractivity contribution in [2.24, 2.45) is 5.73 Å². The molecule has 0 saturated heterocycles. The van der Waals surface area contributed by atoms with Crippen LogP contribution >= 0.6 is 0 Å². The predicted octanol–water partition coefficient (Wildman–Crippen LogP) is 2.92. The number of para-hydroxylation sites is 1. The van der Waals surface area contributed by atoms with Crippen molar-refractivity contribution >= 4 is 10.9 Å². The molecule has 2 heteroatoms. The van der Waals surface area contributed by atoms with E-state index < -0.39 is 0 Å². The Morgan fingerprint density at radius 3 is 2.76 bits per heavy atom. The molecule has 1 aliphatic carbocycles. The van der Waals surface area contributed by atoms with Gasteiger partial charge in [0, 0.05) is 11.1 Å². The largest absolute Gasteiger partial charge is 0.330 e. The first-order chi connectivity index (χ1) is 8.25. The Hall–Kier alpha value is -1.41. The van der Waals surface area contributed by atoms with Crippen LogP contribution in [0.3, 0.4) is 0 Å². The Kier molecular flexibility index (Phi) is 2.40. The second-order valence-corrected chi connectivity index (χ2v) is 5.15. The van der Waals surface area contributed by atoms with Crippen molar-refractivity contribution in [1.29, 1.82) is 0 Å². The fourth-order valence-electron chi connectivity index (χ4n) is 2.83. The van der Waals surface area contributed by atoms with E-state index in [0.717, 1.165) is 24.2 Å². The Morgan fingerprint density at radius 1 is 1.29 bits per heavy atom. The third kappa shape index (κ3) is 1.73. The van der Waals surface area contributed by atoms with Gasteiger partial charge in [0.1, 0.15) is 0 Å². The smallest absolute Gasteiger partial charge is 0.0708 e. The van der Waals surface area contributed by atoms with Crippen LogP contribution in [-0.2, 0) is 5.41 Å². The molecule has 0 unspecified atom stereocenters. The minimum atomic E-state index is 0.349. The molecule has 0 bridgehead atoms. The molecule has 0 radical (unpaired) electrons.